The molecular weight excluding hydrogens is 330 g/mol. The third kappa shape index (κ3) is 3.81. The van der Waals surface area contributed by atoms with Gasteiger partial charge in [-0.3, -0.25) is 4.79 Å². The van der Waals surface area contributed by atoms with Crippen LogP contribution in [0.25, 0.3) is 0 Å². The van der Waals surface area contributed by atoms with E-state index in [-0.39, 0.29) is 18.0 Å². The molecule has 6 nitrogen and oxygen atoms in total. The molecule has 1 aliphatic heterocycles. The maximum absolute atomic E-state index is 12.4. The first-order valence-corrected chi connectivity index (χ1v) is 8.70. The fourth-order valence-corrected chi connectivity index (χ4v) is 3.09. The van der Waals surface area contributed by atoms with Gasteiger partial charge in [-0.05, 0) is 49.1 Å². The Bertz CT molecular complexity index is 790. The Morgan fingerprint density at radius 1 is 1.19 bits per heavy atom. The molecule has 0 saturated carbocycles. The Labute approximate surface area is 153 Å². The standard InChI is InChI=1S/C20H25N3O3/c1-12-4-9-16(19(24)13(12)2)17-10-18(23-22-17)20(25)21-11-14-5-7-15(26-3)8-6-14/h4-9,17-18,22-24H,10-11H2,1-3H3,(H,21,25). The van der Waals surface area contributed by atoms with E-state index >= 15 is 0 Å². The van der Waals surface area contributed by atoms with Gasteiger partial charge in [0.2, 0.25) is 5.91 Å². The predicted octanol–water partition coefficient (Wildman–Crippen LogP) is 2.24. The Hall–Kier alpha value is -2.57. The van der Waals surface area contributed by atoms with Crippen molar-refractivity contribution in [1.82, 2.24) is 16.2 Å². The van der Waals surface area contributed by atoms with E-state index in [0.717, 1.165) is 28.0 Å². The first-order chi connectivity index (χ1) is 12.5. The fourth-order valence-electron chi connectivity index (χ4n) is 3.09. The minimum absolute atomic E-state index is 0.0702. The first-order valence-electron chi connectivity index (χ1n) is 8.70. The summed E-state index contributed by atoms with van der Waals surface area (Å²) in [7, 11) is 1.62. The number of aryl methyl sites for hydroxylation is 1. The van der Waals surface area contributed by atoms with Crippen molar-refractivity contribution in [1.29, 1.82) is 0 Å². The third-order valence-electron chi connectivity index (χ3n) is 4.95. The van der Waals surface area contributed by atoms with E-state index in [9.17, 15) is 9.90 Å². The maximum Gasteiger partial charge on any atom is 0.238 e. The monoisotopic (exact) mass is 355 g/mol. The summed E-state index contributed by atoms with van der Waals surface area (Å²) in [4.78, 5) is 12.4. The molecule has 2 aromatic rings. The Kier molecular flexibility index (Phi) is 5.44. The number of nitrogens with one attached hydrogen (secondary N) is 3. The molecule has 3 rings (SSSR count). The Morgan fingerprint density at radius 3 is 2.62 bits per heavy atom. The SMILES string of the molecule is COc1ccc(CNC(=O)C2CC(c3ccc(C)c(C)c3O)NN2)cc1. The molecule has 1 heterocycles. The van der Waals surface area contributed by atoms with E-state index in [0.29, 0.717) is 18.7 Å². The largest absolute Gasteiger partial charge is 0.507 e. The highest BCUT2D eigenvalue weighted by Gasteiger charge is 2.31. The molecule has 1 amide bonds. The molecule has 6 heteroatoms. The quantitative estimate of drug-likeness (QED) is 0.661. The zero-order valence-corrected chi connectivity index (χ0v) is 15.3. The number of carbonyl (C=O) groups is 1. The normalized spacial score (nSPS) is 19.3. The minimum Gasteiger partial charge on any atom is -0.507 e. The number of amides is 1. The molecule has 138 valence electrons. The number of phenols is 1. The lowest BCUT2D eigenvalue weighted by molar-refractivity contribution is -0.123. The summed E-state index contributed by atoms with van der Waals surface area (Å²) in [6, 6.07) is 11.0. The lowest BCUT2D eigenvalue weighted by atomic mass is 9.96. The second kappa shape index (κ2) is 7.76. The van der Waals surface area contributed by atoms with E-state index in [1.807, 2.05) is 50.2 Å². The van der Waals surface area contributed by atoms with Gasteiger partial charge in [0, 0.05) is 12.1 Å². The number of rotatable bonds is 5. The number of hydrogen-bond donors (Lipinski definition) is 4. The van der Waals surface area contributed by atoms with Crippen molar-refractivity contribution in [2.24, 2.45) is 0 Å². The number of ether oxygens (including phenoxy) is 1. The van der Waals surface area contributed by atoms with E-state index in [4.69, 9.17) is 4.74 Å². The number of aromatic hydroxyl groups is 1. The van der Waals surface area contributed by atoms with Crippen molar-refractivity contribution < 1.29 is 14.6 Å². The first kappa shape index (κ1) is 18.2. The summed E-state index contributed by atoms with van der Waals surface area (Å²) in [6.07, 6.45) is 0.574. The minimum atomic E-state index is -0.348. The van der Waals surface area contributed by atoms with Gasteiger partial charge >= 0.3 is 0 Å². The molecule has 1 fully saturated rings. The van der Waals surface area contributed by atoms with Crippen LogP contribution in [0.15, 0.2) is 36.4 Å². The molecular formula is C20H25N3O3. The van der Waals surface area contributed by atoms with Crippen molar-refractivity contribution in [2.75, 3.05) is 7.11 Å². The van der Waals surface area contributed by atoms with Crippen molar-refractivity contribution in [3.8, 4) is 11.5 Å². The van der Waals surface area contributed by atoms with Crippen LogP contribution < -0.4 is 20.9 Å². The van der Waals surface area contributed by atoms with Crippen LogP contribution in [0.4, 0.5) is 0 Å². The van der Waals surface area contributed by atoms with Crippen LogP contribution in [-0.4, -0.2) is 24.2 Å². The summed E-state index contributed by atoms with van der Waals surface area (Å²) >= 11 is 0. The number of benzene rings is 2. The van der Waals surface area contributed by atoms with Crippen LogP contribution in [0, 0.1) is 13.8 Å². The Morgan fingerprint density at radius 2 is 1.92 bits per heavy atom. The number of phenolic OH excluding ortho intramolecular Hbond substituents is 1. The average Bonchev–Trinajstić information content (AvgIpc) is 3.14. The number of hydrazine groups is 1. The molecule has 2 aromatic carbocycles. The second-order valence-corrected chi connectivity index (χ2v) is 6.64. The van der Waals surface area contributed by atoms with E-state index in [2.05, 4.69) is 16.2 Å². The zero-order valence-electron chi connectivity index (χ0n) is 15.3. The third-order valence-corrected chi connectivity index (χ3v) is 4.95. The van der Waals surface area contributed by atoms with E-state index in [1.165, 1.54) is 0 Å². The van der Waals surface area contributed by atoms with Gasteiger partial charge in [-0.1, -0.05) is 24.3 Å². The van der Waals surface area contributed by atoms with Crippen molar-refractivity contribution in [3.63, 3.8) is 0 Å². The molecule has 4 N–H and O–H groups in total. The number of hydrogen-bond acceptors (Lipinski definition) is 5. The van der Waals surface area contributed by atoms with Crippen LogP contribution in [0.3, 0.4) is 0 Å². The van der Waals surface area contributed by atoms with Gasteiger partial charge in [0.1, 0.15) is 17.5 Å². The van der Waals surface area contributed by atoms with Crippen LogP contribution in [-0.2, 0) is 11.3 Å². The van der Waals surface area contributed by atoms with Gasteiger partial charge in [-0.25, -0.2) is 10.9 Å². The maximum atomic E-state index is 12.4. The number of methoxy groups -OCH3 is 1. The summed E-state index contributed by atoms with van der Waals surface area (Å²) in [5.41, 5.74) is 9.88. The molecule has 2 unspecified atom stereocenters. The smallest absolute Gasteiger partial charge is 0.238 e. The molecule has 26 heavy (non-hydrogen) atoms. The van der Waals surface area contributed by atoms with Crippen LogP contribution in [0.5, 0.6) is 11.5 Å². The molecule has 0 radical (unpaired) electrons. The summed E-state index contributed by atoms with van der Waals surface area (Å²) in [5.74, 6) is 1.01. The highest BCUT2D eigenvalue weighted by molar-refractivity contribution is 5.82. The average molecular weight is 355 g/mol. The predicted molar refractivity (Wildman–Crippen MR) is 99.8 cm³/mol. The lowest BCUT2D eigenvalue weighted by Crippen LogP contribution is -2.42. The summed E-state index contributed by atoms with van der Waals surface area (Å²) < 4.78 is 5.13. The van der Waals surface area contributed by atoms with Crippen LogP contribution in [0.2, 0.25) is 0 Å². The molecule has 1 aliphatic rings. The second-order valence-electron chi connectivity index (χ2n) is 6.64. The fraction of sp³-hybridized carbons (Fsp3) is 0.350. The topological polar surface area (TPSA) is 82.6 Å². The van der Waals surface area contributed by atoms with Gasteiger partial charge in [0.05, 0.1) is 13.2 Å². The highest BCUT2D eigenvalue weighted by atomic mass is 16.5. The van der Waals surface area contributed by atoms with Gasteiger partial charge in [-0.2, -0.15) is 0 Å². The molecule has 0 spiro atoms. The van der Waals surface area contributed by atoms with Crippen molar-refractivity contribution >= 4 is 5.91 Å². The number of carbonyl (C=O) groups excluding carboxylic acids is 1. The molecule has 0 aromatic heterocycles. The molecule has 2 atom stereocenters. The summed E-state index contributed by atoms with van der Waals surface area (Å²) in [6.45, 7) is 4.32. The van der Waals surface area contributed by atoms with Crippen molar-refractivity contribution in [2.45, 2.75) is 38.9 Å². The highest BCUT2D eigenvalue weighted by Crippen LogP contribution is 2.33. The molecule has 1 saturated heterocycles. The van der Waals surface area contributed by atoms with Crippen LogP contribution >= 0.6 is 0 Å². The summed E-state index contributed by atoms with van der Waals surface area (Å²) in [5, 5.41) is 13.3. The van der Waals surface area contributed by atoms with Gasteiger partial charge in [0.15, 0.2) is 0 Å². The van der Waals surface area contributed by atoms with E-state index in [1.54, 1.807) is 7.11 Å². The van der Waals surface area contributed by atoms with Crippen molar-refractivity contribution in [3.05, 3.63) is 58.7 Å². The Balaban J connectivity index is 1.58. The molecule has 0 aliphatic carbocycles. The zero-order chi connectivity index (χ0) is 18.7. The molecule has 0 bridgehead atoms. The lowest BCUT2D eigenvalue weighted by Gasteiger charge is -2.15. The van der Waals surface area contributed by atoms with Crippen LogP contribution in [0.1, 0.15) is 34.7 Å². The van der Waals surface area contributed by atoms with E-state index < -0.39 is 0 Å². The van der Waals surface area contributed by atoms with Gasteiger partial charge < -0.3 is 15.2 Å². The van der Waals surface area contributed by atoms with Gasteiger partial charge in [0.25, 0.3) is 0 Å². The van der Waals surface area contributed by atoms with Gasteiger partial charge in [-0.15, -0.1) is 0 Å².